The minimum absolute atomic E-state index is 0.00745. The van der Waals surface area contributed by atoms with Crippen LogP contribution in [0.1, 0.15) is 27.4 Å². The Morgan fingerprint density at radius 2 is 1.80 bits per heavy atom. The minimum atomic E-state index is -3.84. The second kappa shape index (κ2) is 7.71. The standard InChI is InChI=1S/C20H19N3O6S/c1-12-19(13(2)29-22-12)30(25,26)23-16-6-4-15(5-7-16)20(24)21-10-14-3-8-17-18(9-14)28-11-27-17/h3-9,23H,10-11H2,1-2H3,(H,21,24). The predicted molar refractivity (Wildman–Crippen MR) is 107 cm³/mol. The van der Waals surface area contributed by atoms with Crippen LogP contribution < -0.4 is 19.5 Å². The van der Waals surface area contributed by atoms with Crippen LogP contribution in [0, 0.1) is 13.8 Å². The predicted octanol–water partition coefficient (Wildman–Crippen LogP) is 2.75. The molecule has 0 aliphatic carbocycles. The first-order valence-electron chi connectivity index (χ1n) is 9.06. The number of nitrogens with one attached hydrogen (secondary N) is 2. The summed E-state index contributed by atoms with van der Waals surface area (Å²) in [6, 6.07) is 11.6. The van der Waals surface area contributed by atoms with Gasteiger partial charge in [0.15, 0.2) is 22.2 Å². The summed E-state index contributed by atoms with van der Waals surface area (Å²) in [6.07, 6.45) is 0. The first-order chi connectivity index (χ1) is 14.3. The molecule has 0 bridgehead atoms. The molecule has 156 valence electrons. The van der Waals surface area contributed by atoms with Crippen molar-refractivity contribution < 1.29 is 27.2 Å². The number of anilines is 1. The number of fused-ring (bicyclic) bond motifs is 1. The fourth-order valence-corrected chi connectivity index (χ4v) is 4.48. The zero-order chi connectivity index (χ0) is 21.3. The Morgan fingerprint density at radius 1 is 1.07 bits per heavy atom. The molecule has 1 aromatic heterocycles. The van der Waals surface area contributed by atoms with Crippen molar-refractivity contribution in [2.75, 3.05) is 11.5 Å². The highest BCUT2D eigenvalue weighted by Gasteiger charge is 2.24. The van der Waals surface area contributed by atoms with Gasteiger partial charge in [0.05, 0.1) is 0 Å². The summed E-state index contributed by atoms with van der Waals surface area (Å²) < 4.78 is 43.1. The Bertz CT molecular complexity index is 1180. The molecule has 2 aromatic carbocycles. The van der Waals surface area contributed by atoms with Gasteiger partial charge in [-0.2, -0.15) is 0 Å². The van der Waals surface area contributed by atoms with E-state index in [2.05, 4.69) is 15.2 Å². The van der Waals surface area contributed by atoms with Crippen LogP contribution in [0.4, 0.5) is 5.69 Å². The zero-order valence-corrected chi connectivity index (χ0v) is 17.1. The molecule has 1 aliphatic heterocycles. The molecule has 1 aliphatic rings. The van der Waals surface area contributed by atoms with E-state index in [1.807, 2.05) is 12.1 Å². The Balaban J connectivity index is 1.40. The molecule has 0 saturated heterocycles. The molecule has 2 heterocycles. The number of carbonyl (C=O) groups excluding carboxylic acids is 1. The summed E-state index contributed by atoms with van der Waals surface area (Å²) >= 11 is 0. The van der Waals surface area contributed by atoms with Crippen molar-refractivity contribution in [1.29, 1.82) is 0 Å². The lowest BCUT2D eigenvalue weighted by Gasteiger charge is -2.09. The number of carbonyl (C=O) groups is 1. The smallest absolute Gasteiger partial charge is 0.267 e. The number of benzene rings is 2. The largest absolute Gasteiger partial charge is 0.454 e. The highest BCUT2D eigenvalue weighted by atomic mass is 32.2. The average Bonchev–Trinajstić information content (AvgIpc) is 3.32. The topological polar surface area (TPSA) is 120 Å². The number of hydrogen-bond donors (Lipinski definition) is 2. The molecule has 1 amide bonds. The van der Waals surface area contributed by atoms with Crippen LogP contribution in [0.15, 0.2) is 51.9 Å². The fourth-order valence-electron chi connectivity index (χ4n) is 3.09. The van der Waals surface area contributed by atoms with Gasteiger partial charge in [-0.1, -0.05) is 11.2 Å². The Hall–Kier alpha value is -3.53. The van der Waals surface area contributed by atoms with E-state index >= 15 is 0 Å². The highest BCUT2D eigenvalue weighted by molar-refractivity contribution is 7.92. The van der Waals surface area contributed by atoms with Crippen LogP contribution in [0.2, 0.25) is 0 Å². The maximum atomic E-state index is 12.6. The van der Waals surface area contributed by atoms with Crippen molar-refractivity contribution in [2.45, 2.75) is 25.3 Å². The van der Waals surface area contributed by atoms with E-state index in [1.165, 1.54) is 19.1 Å². The molecule has 3 aromatic rings. The Kier molecular flexibility index (Phi) is 5.08. The zero-order valence-electron chi connectivity index (χ0n) is 16.3. The summed E-state index contributed by atoms with van der Waals surface area (Å²) in [7, 11) is -3.84. The normalized spacial score (nSPS) is 12.6. The number of aromatic nitrogens is 1. The molecule has 4 rings (SSSR count). The van der Waals surface area contributed by atoms with Crippen molar-refractivity contribution in [2.24, 2.45) is 0 Å². The van der Waals surface area contributed by atoms with Crippen LogP contribution in [-0.4, -0.2) is 26.3 Å². The van der Waals surface area contributed by atoms with Gasteiger partial charge in [-0.05, 0) is 55.8 Å². The molecule has 0 saturated carbocycles. The molecular formula is C20H19N3O6S. The molecule has 30 heavy (non-hydrogen) atoms. The van der Waals surface area contributed by atoms with Gasteiger partial charge >= 0.3 is 0 Å². The molecule has 10 heteroatoms. The van der Waals surface area contributed by atoms with E-state index in [1.54, 1.807) is 25.1 Å². The van der Waals surface area contributed by atoms with Crippen LogP contribution >= 0.6 is 0 Å². The van der Waals surface area contributed by atoms with Gasteiger partial charge in [-0.3, -0.25) is 9.52 Å². The lowest BCUT2D eigenvalue weighted by Crippen LogP contribution is -2.22. The van der Waals surface area contributed by atoms with Crippen LogP contribution in [-0.2, 0) is 16.6 Å². The third kappa shape index (κ3) is 3.94. The number of aryl methyl sites for hydroxylation is 2. The maximum absolute atomic E-state index is 12.6. The average molecular weight is 429 g/mol. The van der Waals surface area contributed by atoms with Crippen LogP contribution in [0.5, 0.6) is 11.5 Å². The summed E-state index contributed by atoms with van der Waals surface area (Å²) in [5.41, 5.74) is 1.87. The third-order valence-corrected chi connectivity index (χ3v) is 6.15. The lowest BCUT2D eigenvalue weighted by molar-refractivity contribution is 0.0951. The fraction of sp³-hybridized carbons (Fsp3) is 0.200. The van der Waals surface area contributed by atoms with Crippen LogP contribution in [0.25, 0.3) is 0 Å². The molecule has 0 radical (unpaired) electrons. The van der Waals surface area contributed by atoms with Crippen molar-refractivity contribution in [3.05, 3.63) is 65.0 Å². The number of amides is 1. The summed E-state index contributed by atoms with van der Waals surface area (Å²) in [5.74, 6) is 1.25. The highest BCUT2D eigenvalue weighted by Crippen LogP contribution is 2.32. The van der Waals surface area contributed by atoms with Crippen LogP contribution in [0.3, 0.4) is 0 Å². The van der Waals surface area contributed by atoms with Gasteiger partial charge in [0, 0.05) is 17.8 Å². The van der Waals surface area contributed by atoms with Gasteiger partial charge in [0.25, 0.3) is 15.9 Å². The SMILES string of the molecule is Cc1noc(C)c1S(=O)(=O)Nc1ccc(C(=O)NCc2ccc3c(c2)OCO3)cc1. The monoisotopic (exact) mass is 429 g/mol. The summed E-state index contributed by atoms with van der Waals surface area (Å²) in [6.45, 7) is 3.59. The lowest BCUT2D eigenvalue weighted by atomic mass is 10.1. The number of sulfonamides is 1. The molecular weight excluding hydrogens is 410 g/mol. The molecule has 0 spiro atoms. The molecule has 2 N–H and O–H groups in total. The number of nitrogens with zero attached hydrogens (tertiary/aromatic N) is 1. The van der Waals surface area contributed by atoms with Gasteiger partial charge in [-0.25, -0.2) is 8.42 Å². The third-order valence-electron chi connectivity index (χ3n) is 4.53. The molecule has 0 fully saturated rings. The first-order valence-corrected chi connectivity index (χ1v) is 10.5. The van der Waals surface area contributed by atoms with Gasteiger partial charge < -0.3 is 19.3 Å². The second-order valence-electron chi connectivity index (χ2n) is 6.71. The molecule has 0 atom stereocenters. The van der Waals surface area contributed by atoms with Gasteiger partial charge in [0.2, 0.25) is 6.79 Å². The quantitative estimate of drug-likeness (QED) is 0.618. The number of rotatable bonds is 6. The molecule has 0 unspecified atom stereocenters. The van der Waals surface area contributed by atoms with E-state index in [0.29, 0.717) is 29.3 Å². The van der Waals surface area contributed by atoms with Crippen molar-refractivity contribution >= 4 is 21.6 Å². The van der Waals surface area contributed by atoms with E-state index in [4.69, 9.17) is 14.0 Å². The second-order valence-corrected chi connectivity index (χ2v) is 8.33. The minimum Gasteiger partial charge on any atom is -0.454 e. The van der Waals surface area contributed by atoms with Crippen molar-refractivity contribution in [3.63, 3.8) is 0 Å². The summed E-state index contributed by atoms with van der Waals surface area (Å²) in [4.78, 5) is 12.4. The van der Waals surface area contributed by atoms with Gasteiger partial charge in [0.1, 0.15) is 5.69 Å². The first kappa shape index (κ1) is 19.8. The van der Waals surface area contributed by atoms with Crippen molar-refractivity contribution in [1.82, 2.24) is 10.5 Å². The Morgan fingerprint density at radius 3 is 2.50 bits per heavy atom. The summed E-state index contributed by atoms with van der Waals surface area (Å²) in [5, 5.41) is 6.48. The van der Waals surface area contributed by atoms with Crippen molar-refractivity contribution in [3.8, 4) is 11.5 Å². The maximum Gasteiger partial charge on any atom is 0.267 e. The number of hydrogen-bond acceptors (Lipinski definition) is 7. The number of ether oxygens (including phenoxy) is 2. The van der Waals surface area contributed by atoms with E-state index in [-0.39, 0.29) is 29.0 Å². The van der Waals surface area contributed by atoms with E-state index in [0.717, 1.165) is 5.56 Å². The Labute approximate surface area is 173 Å². The van der Waals surface area contributed by atoms with E-state index < -0.39 is 10.0 Å². The van der Waals surface area contributed by atoms with Gasteiger partial charge in [-0.15, -0.1) is 0 Å². The van der Waals surface area contributed by atoms with E-state index in [9.17, 15) is 13.2 Å². The molecule has 9 nitrogen and oxygen atoms in total.